The number of hydrogen-bond donors (Lipinski definition) is 1. The standard InChI is InChI=1S/C13H22N4O2/c1-4-7-10-16(6-3)13-11(17(18)19)8-9-12(15-13)14-5-2/h8-9H,4-7,10H2,1-3H3,(H,14,15). The lowest BCUT2D eigenvalue weighted by Crippen LogP contribution is -2.26. The summed E-state index contributed by atoms with van der Waals surface area (Å²) in [5, 5.41) is 14.2. The molecule has 0 unspecified atom stereocenters. The SMILES string of the molecule is CCCCN(CC)c1nc(NCC)ccc1[N+](=O)[O-]. The normalized spacial score (nSPS) is 10.3. The zero-order valence-corrected chi connectivity index (χ0v) is 11.8. The van der Waals surface area contributed by atoms with E-state index in [-0.39, 0.29) is 10.6 Å². The first-order valence-corrected chi connectivity index (χ1v) is 6.78. The number of unbranched alkanes of at least 4 members (excludes halogenated alkanes) is 1. The predicted octanol–water partition coefficient (Wildman–Crippen LogP) is 3.05. The van der Waals surface area contributed by atoms with Gasteiger partial charge in [0.1, 0.15) is 5.82 Å². The molecule has 0 aliphatic rings. The fourth-order valence-corrected chi connectivity index (χ4v) is 1.86. The van der Waals surface area contributed by atoms with E-state index in [0.29, 0.717) is 18.2 Å². The highest BCUT2D eigenvalue weighted by Gasteiger charge is 2.20. The molecule has 1 aromatic rings. The molecular weight excluding hydrogens is 244 g/mol. The van der Waals surface area contributed by atoms with E-state index in [1.165, 1.54) is 6.07 Å². The second-order valence-electron chi connectivity index (χ2n) is 4.26. The monoisotopic (exact) mass is 266 g/mol. The molecule has 0 aliphatic heterocycles. The van der Waals surface area contributed by atoms with Crippen LogP contribution >= 0.6 is 0 Å². The fraction of sp³-hybridized carbons (Fsp3) is 0.615. The van der Waals surface area contributed by atoms with Gasteiger partial charge in [-0.05, 0) is 26.3 Å². The minimum Gasteiger partial charge on any atom is -0.370 e. The predicted molar refractivity (Wildman–Crippen MR) is 77.9 cm³/mol. The molecule has 0 atom stereocenters. The molecule has 0 radical (unpaired) electrons. The smallest absolute Gasteiger partial charge is 0.311 e. The van der Waals surface area contributed by atoms with Crippen LogP contribution in [0.15, 0.2) is 12.1 Å². The largest absolute Gasteiger partial charge is 0.370 e. The Morgan fingerprint density at radius 1 is 1.37 bits per heavy atom. The Hall–Kier alpha value is -1.85. The van der Waals surface area contributed by atoms with Gasteiger partial charge < -0.3 is 10.2 Å². The molecule has 0 fully saturated rings. The average Bonchev–Trinajstić information content (AvgIpc) is 2.40. The van der Waals surface area contributed by atoms with Crippen molar-refractivity contribution in [2.45, 2.75) is 33.6 Å². The highest BCUT2D eigenvalue weighted by Crippen LogP contribution is 2.27. The topological polar surface area (TPSA) is 71.3 Å². The Bertz CT molecular complexity index is 423. The van der Waals surface area contributed by atoms with Crippen molar-refractivity contribution in [1.29, 1.82) is 0 Å². The second-order valence-corrected chi connectivity index (χ2v) is 4.26. The van der Waals surface area contributed by atoms with Crippen LogP contribution in [-0.4, -0.2) is 29.5 Å². The van der Waals surface area contributed by atoms with Crippen LogP contribution in [0, 0.1) is 10.1 Å². The van der Waals surface area contributed by atoms with Gasteiger partial charge in [-0.2, -0.15) is 0 Å². The molecule has 0 spiro atoms. The average molecular weight is 266 g/mol. The Morgan fingerprint density at radius 3 is 2.63 bits per heavy atom. The van der Waals surface area contributed by atoms with E-state index in [1.807, 2.05) is 18.7 Å². The number of pyridine rings is 1. The Balaban J connectivity index is 3.10. The lowest BCUT2D eigenvalue weighted by atomic mass is 10.3. The molecule has 0 bridgehead atoms. The zero-order chi connectivity index (χ0) is 14.3. The molecule has 1 aromatic heterocycles. The van der Waals surface area contributed by atoms with Crippen LogP contribution in [0.4, 0.5) is 17.3 Å². The van der Waals surface area contributed by atoms with Gasteiger partial charge in [0, 0.05) is 25.7 Å². The minimum absolute atomic E-state index is 0.0691. The maximum atomic E-state index is 11.1. The molecule has 0 saturated carbocycles. The molecule has 1 heterocycles. The molecule has 0 amide bonds. The van der Waals surface area contributed by atoms with E-state index in [9.17, 15) is 10.1 Å². The maximum absolute atomic E-state index is 11.1. The van der Waals surface area contributed by atoms with Crippen LogP contribution in [0.3, 0.4) is 0 Å². The van der Waals surface area contributed by atoms with Crippen LogP contribution in [0.1, 0.15) is 33.6 Å². The van der Waals surface area contributed by atoms with Gasteiger partial charge in [-0.15, -0.1) is 0 Å². The van der Waals surface area contributed by atoms with Gasteiger partial charge in [0.25, 0.3) is 0 Å². The quantitative estimate of drug-likeness (QED) is 0.578. The number of aromatic nitrogens is 1. The number of hydrogen-bond acceptors (Lipinski definition) is 5. The molecule has 1 rings (SSSR count). The van der Waals surface area contributed by atoms with E-state index < -0.39 is 0 Å². The number of nitro groups is 1. The summed E-state index contributed by atoms with van der Waals surface area (Å²) in [6.45, 7) is 8.30. The number of nitrogens with zero attached hydrogens (tertiary/aromatic N) is 3. The third kappa shape index (κ3) is 4.08. The molecule has 1 N–H and O–H groups in total. The van der Waals surface area contributed by atoms with E-state index in [1.54, 1.807) is 6.07 Å². The highest BCUT2D eigenvalue weighted by atomic mass is 16.6. The lowest BCUT2D eigenvalue weighted by molar-refractivity contribution is -0.384. The second kappa shape index (κ2) is 7.56. The molecule has 0 aromatic carbocycles. The van der Waals surface area contributed by atoms with Crippen molar-refractivity contribution < 1.29 is 4.92 Å². The first kappa shape index (κ1) is 15.2. The van der Waals surface area contributed by atoms with Crippen molar-refractivity contribution in [3.63, 3.8) is 0 Å². The van der Waals surface area contributed by atoms with Gasteiger partial charge in [0.15, 0.2) is 0 Å². The van der Waals surface area contributed by atoms with Gasteiger partial charge in [0.05, 0.1) is 4.92 Å². The van der Waals surface area contributed by atoms with Crippen molar-refractivity contribution in [3.05, 3.63) is 22.2 Å². The summed E-state index contributed by atoms with van der Waals surface area (Å²) in [6, 6.07) is 3.17. The number of nitrogens with one attached hydrogen (secondary N) is 1. The van der Waals surface area contributed by atoms with Crippen molar-refractivity contribution in [1.82, 2.24) is 4.98 Å². The summed E-state index contributed by atoms with van der Waals surface area (Å²) < 4.78 is 0. The van der Waals surface area contributed by atoms with Crippen LogP contribution in [-0.2, 0) is 0 Å². The summed E-state index contributed by atoms with van der Waals surface area (Å²) in [5.41, 5.74) is 0.0691. The molecule has 0 aliphatic carbocycles. The van der Waals surface area contributed by atoms with Crippen LogP contribution < -0.4 is 10.2 Å². The van der Waals surface area contributed by atoms with E-state index in [0.717, 1.165) is 25.9 Å². The van der Waals surface area contributed by atoms with E-state index in [4.69, 9.17) is 0 Å². The van der Waals surface area contributed by atoms with Crippen molar-refractivity contribution in [2.24, 2.45) is 0 Å². The van der Waals surface area contributed by atoms with Gasteiger partial charge in [-0.3, -0.25) is 10.1 Å². The molecular formula is C13H22N4O2. The third-order valence-electron chi connectivity index (χ3n) is 2.87. The summed E-state index contributed by atoms with van der Waals surface area (Å²) in [7, 11) is 0. The lowest BCUT2D eigenvalue weighted by Gasteiger charge is -2.22. The van der Waals surface area contributed by atoms with Gasteiger partial charge in [-0.25, -0.2) is 4.98 Å². The summed E-state index contributed by atoms with van der Waals surface area (Å²) in [6.07, 6.45) is 2.05. The van der Waals surface area contributed by atoms with Crippen LogP contribution in [0.2, 0.25) is 0 Å². The Morgan fingerprint density at radius 2 is 2.11 bits per heavy atom. The van der Waals surface area contributed by atoms with Gasteiger partial charge >= 0.3 is 5.69 Å². The van der Waals surface area contributed by atoms with Crippen molar-refractivity contribution >= 4 is 17.3 Å². The summed E-state index contributed by atoms with van der Waals surface area (Å²) >= 11 is 0. The van der Waals surface area contributed by atoms with E-state index in [2.05, 4.69) is 17.2 Å². The van der Waals surface area contributed by atoms with Crippen LogP contribution in [0.25, 0.3) is 0 Å². The molecule has 19 heavy (non-hydrogen) atoms. The van der Waals surface area contributed by atoms with Crippen LogP contribution in [0.5, 0.6) is 0 Å². The minimum atomic E-state index is -0.368. The Labute approximate surface area is 114 Å². The molecule has 0 saturated heterocycles. The van der Waals surface area contributed by atoms with Crippen molar-refractivity contribution in [3.8, 4) is 0 Å². The fourth-order valence-electron chi connectivity index (χ4n) is 1.86. The van der Waals surface area contributed by atoms with Crippen molar-refractivity contribution in [2.75, 3.05) is 29.9 Å². The number of anilines is 2. The highest BCUT2D eigenvalue weighted by molar-refractivity contribution is 5.61. The first-order chi connectivity index (χ1) is 9.13. The number of rotatable bonds is 8. The van der Waals surface area contributed by atoms with Gasteiger partial charge in [0.2, 0.25) is 5.82 Å². The van der Waals surface area contributed by atoms with Gasteiger partial charge in [-0.1, -0.05) is 13.3 Å². The summed E-state index contributed by atoms with van der Waals surface area (Å²) in [5.74, 6) is 1.14. The maximum Gasteiger partial charge on any atom is 0.311 e. The zero-order valence-electron chi connectivity index (χ0n) is 11.8. The van der Waals surface area contributed by atoms with E-state index >= 15 is 0 Å². The molecule has 6 nitrogen and oxygen atoms in total. The molecule has 6 heteroatoms. The Kier molecular flexibility index (Phi) is 6.05. The first-order valence-electron chi connectivity index (χ1n) is 6.78. The third-order valence-corrected chi connectivity index (χ3v) is 2.87. The summed E-state index contributed by atoms with van der Waals surface area (Å²) in [4.78, 5) is 17.1. The molecule has 106 valence electrons.